The third-order valence-electron chi connectivity index (χ3n) is 5.99. The Bertz CT molecular complexity index is 928. The molecule has 1 amide bonds. The second kappa shape index (κ2) is 8.49. The zero-order valence-corrected chi connectivity index (χ0v) is 17.4. The minimum atomic E-state index is -4.45. The van der Waals surface area contributed by atoms with E-state index in [1.807, 2.05) is 17.0 Å². The molecule has 1 saturated heterocycles. The Morgan fingerprint density at radius 1 is 1.26 bits per heavy atom. The summed E-state index contributed by atoms with van der Waals surface area (Å²) in [6.07, 6.45) is 1.08. The SMILES string of the molecule is COC[C@@]1(NC(=O)Cc2ccc(C3CC3)cc2)CCN(c2cncc(C(F)(F)F)c2)C1. The molecule has 0 bridgehead atoms. The third kappa shape index (κ3) is 5.18. The van der Waals surface area contributed by atoms with Crippen LogP contribution in [0.3, 0.4) is 0 Å². The van der Waals surface area contributed by atoms with E-state index in [0.29, 0.717) is 31.1 Å². The van der Waals surface area contributed by atoms with Crippen LogP contribution in [0.5, 0.6) is 0 Å². The Labute approximate surface area is 179 Å². The van der Waals surface area contributed by atoms with E-state index >= 15 is 0 Å². The second-order valence-corrected chi connectivity index (χ2v) is 8.56. The van der Waals surface area contributed by atoms with Gasteiger partial charge in [0.25, 0.3) is 0 Å². The maximum Gasteiger partial charge on any atom is 0.417 e. The molecule has 2 heterocycles. The number of nitrogens with one attached hydrogen (secondary N) is 1. The Balaban J connectivity index is 1.42. The number of methoxy groups -OCH3 is 1. The summed E-state index contributed by atoms with van der Waals surface area (Å²) >= 11 is 0. The Kier molecular flexibility index (Phi) is 5.92. The van der Waals surface area contributed by atoms with Gasteiger partial charge in [-0.15, -0.1) is 0 Å². The van der Waals surface area contributed by atoms with Crippen molar-refractivity contribution < 1.29 is 22.7 Å². The third-order valence-corrected chi connectivity index (χ3v) is 5.99. The Hall–Kier alpha value is -2.61. The lowest BCUT2D eigenvalue weighted by Crippen LogP contribution is -2.54. The number of aromatic nitrogens is 1. The summed E-state index contributed by atoms with van der Waals surface area (Å²) in [4.78, 5) is 18.3. The maximum atomic E-state index is 13.0. The number of hydrogen-bond donors (Lipinski definition) is 1. The predicted octanol–water partition coefficient (Wildman–Crippen LogP) is 3.93. The van der Waals surface area contributed by atoms with E-state index < -0.39 is 17.3 Å². The first-order valence-electron chi connectivity index (χ1n) is 10.4. The molecule has 0 unspecified atom stereocenters. The summed E-state index contributed by atoms with van der Waals surface area (Å²) in [5.41, 5.74) is 1.20. The normalized spacial score (nSPS) is 21.4. The smallest absolute Gasteiger partial charge is 0.382 e. The number of hydrogen-bond acceptors (Lipinski definition) is 4. The standard InChI is InChI=1S/C23H26F3N3O2/c1-31-15-22(28-21(30)10-16-2-4-17(5-3-16)18-6-7-18)8-9-29(14-22)20-11-19(12-27-13-20)23(24,25)26/h2-5,11-13,18H,6-10,14-15H2,1H3,(H,28,30)/t22-/m1/s1. The number of anilines is 1. The second-order valence-electron chi connectivity index (χ2n) is 8.56. The van der Waals surface area contributed by atoms with Gasteiger partial charge in [-0.25, -0.2) is 0 Å². The van der Waals surface area contributed by atoms with Crippen LogP contribution in [-0.2, 0) is 22.1 Å². The number of carbonyl (C=O) groups is 1. The van der Waals surface area contributed by atoms with Crippen LogP contribution in [-0.4, -0.2) is 43.2 Å². The Morgan fingerprint density at radius 3 is 2.65 bits per heavy atom. The lowest BCUT2D eigenvalue weighted by atomic mass is 9.98. The first-order valence-corrected chi connectivity index (χ1v) is 10.4. The number of rotatable bonds is 7. The van der Waals surface area contributed by atoms with Gasteiger partial charge in [-0.3, -0.25) is 9.78 Å². The Morgan fingerprint density at radius 2 is 2.00 bits per heavy atom. The van der Waals surface area contributed by atoms with Crippen molar-refractivity contribution in [3.05, 3.63) is 59.4 Å². The molecule has 1 aromatic heterocycles. The summed E-state index contributed by atoms with van der Waals surface area (Å²) in [6, 6.07) is 9.25. The van der Waals surface area contributed by atoms with Crippen LogP contribution >= 0.6 is 0 Å². The first kappa shape index (κ1) is 21.6. The van der Waals surface area contributed by atoms with Crippen molar-refractivity contribution in [2.45, 2.75) is 43.3 Å². The fourth-order valence-corrected chi connectivity index (χ4v) is 4.23. The highest BCUT2D eigenvalue weighted by molar-refractivity contribution is 5.79. The van der Waals surface area contributed by atoms with Crippen molar-refractivity contribution in [1.29, 1.82) is 0 Å². The van der Waals surface area contributed by atoms with Gasteiger partial charge in [0.15, 0.2) is 0 Å². The molecular weight excluding hydrogens is 407 g/mol. The molecule has 1 aliphatic carbocycles. The molecule has 2 aliphatic rings. The van der Waals surface area contributed by atoms with Crippen LogP contribution in [0, 0.1) is 0 Å². The number of amides is 1. The van der Waals surface area contributed by atoms with Gasteiger partial charge in [-0.2, -0.15) is 13.2 Å². The number of nitrogens with zero attached hydrogens (tertiary/aromatic N) is 2. The highest BCUT2D eigenvalue weighted by atomic mass is 19.4. The molecule has 1 N–H and O–H groups in total. The first-order chi connectivity index (χ1) is 14.8. The highest BCUT2D eigenvalue weighted by Crippen LogP contribution is 2.40. The van der Waals surface area contributed by atoms with Crippen LogP contribution < -0.4 is 10.2 Å². The van der Waals surface area contributed by atoms with Crippen LogP contribution in [0.2, 0.25) is 0 Å². The minimum Gasteiger partial charge on any atom is -0.382 e. The molecule has 31 heavy (non-hydrogen) atoms. The summed E-state index contributed by atoms with van der Waals surface area (Å²) in [5.74, 6) is 0.544. The van der Waals surface area contributed by atoms with E-state index in [4.69, 9.17) is 4.74 Å². The van der Waals surface area contributed by atoms with Gasteiger partial charge in [-0.05, 0) is 42.4 Å². The number of ether oxygens (including phenoxy) is 1. The van der Waals surface area contributed by atoms with E-state index in [2.05, 4.69) is 22.4 Å². The van der Waals surface area contributed by atoms with E-state index in [0.717, 1.165) is 17.8 Å². The zero-order valence-electron chi connectivity index (χ0n) is 17.4. The van der Waals surface area contributed by atoms with Crippen molar-refractivity contribution in [3.63, 3.8) is 0 Å². The average molecular weight is 433 g/mol. The molecule has 8 heteroatoms. The molecule has 2 fully saturated rings. The predicted molar refractivity (Wildman–Crippen MR) is 111 cm³/mol. The summed E-state index contributed by atoms with van der Waals surface area (Å²) in [7, 11) is 1.55. The van der Waals surface area contributed by atoms with E-state index in [9.17, 15) is 18.0 Å². The lowest BCUT2D eigenvalue weighted by Gasteiger charge is -2.30. The van der Waals surface area contributed by atoms with Gasteiger partial charge in [0, 0.05) is 26.4 Å². The van der Waals surface area contributed by atoms with Crippen LogP contribution in [0.4, 0.5) is 18.9 Å². The van der Waals surface area contributed by atoms with Gasteiger partial charge in [-0.1, -0.05) is 24.3 Å². The topological polar surface area (TPSA) is 54.5 Å². The molecule has 4 rings (SSSR count). The van der Waals surface area contributed by atoms with Gasteiger partial charge < -0.3 is 15.0 Å². The quantitative estimate of drug-likeness (QED) is 0.719. The number of halogens is 3. The number of carbonyl (C=O) groups excluding carboxylic acids is 1. The minimum absolute atomic E-state index is 0.125. The molecule has 1 aliphatic heterocycles. The zero-order chi connectivity index (χ0) is 22.1. The summed E-state index contributed by atoms with van der Waals surface area (Å²) in [6.45, 7) is 1.14. The molecule has 2 aromatic rings. The van der Waals surface area contributed by atoms with E-state index in [1.54, 1.807) is 7.11 Å². The number of pyridine rings is 1. The molecule has 1 atom stereocenters. The molecular formula is C23H26F3N3O2. The van der Waals surface area contributed by atoms with Gasteiger partial charge >= 0.3 is 6.18 Å². The molecule has 0 radical (unpaired) electrons. The highest BCUT2D eigenvalue weighted by Gasteiger charge is 2.40. The van der Waals surface area contributed by atoms with Gasteiger partial charge in [0.2, 0.25) is 5.91 Å². The van der Waals surface area contributed by atoms with Crippen molar-refractivity contribution in [2.75, 3.05) is 31.7 Å². The molecule has 1 saturated carbocycles. The van der Waals surface area contributed by atoms with Crippen molar-refractivity contribution in [1.82, 2.24) is 10.3 Å². The largest absolute Gasteiger partial charge is 0.417 e. The molecule has 5 nitrogen and oxygen atoms in total. The lowest BCUT2D eigenvalue weighted by molar-refractivity contribution is -0.137. The van der Waals surface area contributed by atoms with Gasteiger partial charge in [0.1, 0.15) is 0 Å². The summed E-state index contributed by atoms with van der Waals surface area (Å²) in [5, 5.41) is 3.09. The van der Waals surface area contributed by atoms with Crippen LogP contribution in [0.15, 0.2) is 42.7 Å². The van der Waals surface area contributed by atoms with Crippen molar-refractivity contribution >= 4 is 11.6 Å². The fourth-order valence-electron chi connectivity index (χ4n) is 4.23. The van der Waals surface area contributed by atoms with Crippen LogP contribution in [0.1, 0.15) is 41.9 Å². The molecule has 0 spiro atoms. The van der Waals surface area contributed by atoms with E-state index in [1.165, 1.54) is 24.6 Å². The summed E-state index contributed by atoms with van der Waals surface area (Å²) < 4.78 is 44.5. The van der Waals surface area contributed by atoms with Crippen molar-refractivity contribution in [3.8, 4) is 0 Å². The monoisotopic (exact) mass is 433 g/mol. The van der Waals surface area contributed by atoms with Crippen LogP contribution in [0.25, 0.3) is 0 Å². The number of alkyl halides is 3. The van der Waals surface area contributed by atoms with E-state index in [-0.39, 0.29) is 18.9 Å². The maximum absolute atomic E-state index is 13.0. The van der Waals surface area contributed by atoms with Crippen molar-refractivity contribution in [2.24, 2.45) is 0 Å². The molecule has 1 aromatic carbocycles. The average Bonchev–Trinajstić information content (AvgIpc) is 3.50. The van der Waals surface area contributed by atoms with Gasteiger partial charge in [0.05, 0.1) is 36.0 Å². The fraction of sp³-hybridized carbons (Fsp3) is 0.478. The molecule has 166 valence electrons. The number of benzene rings is 1.